The van der Waals surface area contributed by atoms with Crippen LogP contribution < -0.4 is 0 Å². The molecule has 0 saturated carbocycles. The van der Waals surface area contributed by atoms with Crippen LogP contribution in [0.15, 0.2) is 54.6 Å². The molecular formula is C25H28N2O2. The first-order chi connectivity index (χ1) is 14.1. The lowest BCUT2D eigenvalue weighted by Gasteiger charge is -2.39. The standard InChI is InChI=1S/C25H28N2O2/c28-23-16-25(18-27(23)17-19-6-2-1-3-7-19)12-14-26(15-13-25)24(29)22-11-10-20-8-4-5-9-21(20)22/h1-9,22H,10-18H2/t22-/m1/s1. The van der Waals surface area contributed by atoms with Gasteiger partial charge in [0.05, 0.1) is 5.92 Å². The summed E-state index contributed by atoms with van der Waals surface area (Å²) in [7, 11) is 0. The quantitative estimate of drug-likeness (QED) is 0.803. The highest BCUT2D eigenvalue weighted by Gasteiger charge is 2.46. The number of benzene rings is 2. The number of carbonyl (C=O) groups excluding carboxylic acids is 2. The van der Waals surface area contributed by atoms with E-state index in [0.29, 0.717) is 13.0 Å². The number of likely N-dealkylation sites (tertiary alicyclic amines) is 2. The number of hydrogen-bond donors (Lipinski definition) is 0. The van der Waals surface area contributed by atoms with Crippen LogP contribution in [-0.4, -0.2) is 41.2 Å². The summed E-state index contributed by atoms with van der Waals surface area (Å²) in [4.78, 5) is 29.9. The molecule has 0 radical (unpaired) electrons. The Kier molecular flexibility index (Phi) is 4.65. The number of piperidine rings is 1. The van der Waals surface area contributed by atoms with Crippen molar-refractivity contribution in [3.05, 3.63) is 71.3 Å². The Morgan fingerprint density at radius 2 is 1.72 bits per heavy atom. The minimum absolute atomic E-state index is 0.0278. The van der Waals surface area contributed by atoms with Gasteiger partial charge < -0.3 is 9.80 Å². The molecule has 1 atom stereocenters. The van der Waals surface area contributed by atoms with E-state index in [4.69, 9.17) is 0 Å². The highest BCUT2D eigenvalue weighted by atomic mass is 16.2. The summed E-state index contributed by atoms with van der Waals surface area (Å²) >= 11 is 0. The SMILES string of the molecule is O=C1CC2(CCN(C(=O)[C@@H]3CCc4ccccc43)CC2)CN1Cc1ccccc1. The molecule has 2 aliphatic heterocycles. The molecule has 4 nitrogen and oxygen atoms in total. The molecule has 2 fully saturated rings. The zero-order valence-corrected chi connectivity index (χ0v) is 16.8. The normalized spacial score (nSPS) is 22.9. The van der Waals surface area contributed by atoms with Crippen molar-refractivity contribution in [3.8, 4) is 0 Å². The van der Waals surface area contributed by atoms with Gasteiger partial charge in [-0.05, 0) is 42.4 Å². The van der Waals surface area contributed by atoms with Gasteiger partial charge in [-0.1, -0.05) is 54.6 Å². The molecule has 29 heavy (non-hydrogen) atoms. The van der Waals surface area contributed by atoms with Crippen molar-refractivity contribution in [2.24, 2.45) is 5.41 Å². The molecule has 2 heterocycles. The number of amides is 2. The maximum Gasteiger partial charge on any atom is 0.230 e. The molecule has 1 aliphatic carbocycles. The van der Waals surface area contributed by atoms with Crippen LogP contribution in [0, 0.1) is 5.41 Å². The molecule has 4 heteroatoms. The smallest absolute Gasteiger partial charge is 0.230 e. The van der Waals surface area contributed by atoms with Crippen LogP contribution in [0.4, 0.5) is 0 Å². The topological polar surface area (TPSA) is 40.6 Å². The molecule has 1 spiro atoms. The van der Waals surface area contributed by atoms with Crippen LogP contribution in [0.3, 0.4) is 0 Å². The van der Waals surface area contributed by atoms with Crippen LogP contribution in [0.1, 0.15) is 48.3 Å². The van der Waals surface area contributed by atoms with E-state index in [1.54, 1.807) is 0 Å². The van der Waals surface area contributed by atoms with Crippen molar-refractivity contribution >= 4 is 11.8 Å². The zero-order valence-electron chi connectivity index (χ0n) is 16.8. The van der Waals surface area contributed by atoms with E-state index in [-0.39, 0.29) is 23.1 Å². The summed E-state index contributed by atoms with van der Waals surface area (Å²) in [5.41, 5.74) is 3.79. The van der Waals surface area contributed by atoms with E-state index in [1.165, 1.54) is 16.7 Å². The van der Waals surface area contributed by atoms with E-state index in [0.717, 1.165) is 45.3 Å². The largest absolute Gasteiger partial charge is 0.342 e. The zero-order chi connectivity index (χ0) is 19.8. The van der Waals surface area contributed by atoms with Crippen LogP contribution >= 0.6 is 0 Å². The van der Waals surface area contributed by atoms with Crippen molar-refractivity contribution in [1.82, 2.24) is 9.80 Å². The highest BCUT2D eigenvalue weighted by molar-refractivity contribution is 5.85. The average molecular weight is 389 g/mol. The van der Waals surface area contributed by atoms with Gasteiger partial charge in [-0.15, -0.1) is 0 Å². The predicted octanol–water partition coefficient (Wildman–Crippen LogP) is 3.76. The maximum atomic E-state index is 13.2. The molecule has 2 amide bonds. The van der Waals surface area contributed by atoms with Crippen molar-refractivity contribution < 1.29 is 9.59 Å². The van der Waals surface area contributed by atoms with E-state index in [2.05, 4.69) is 35.2 Å². The molecule has 0 aromatic heterocycles. The van der Waals surface area contributed by atoms with E-state index in [9.17, 15) is 9.59 Å². The number of nitrogens with zero attached hydrogens (tertiary/aromatic N) is 2. The van der Waals surface area contributed by atoms with Gasteiger partial charge in [-0.25, -0.2) is 0 Å². The Hall–Kier alpha value is -2.62. The van der Waals surface area contributed by atoms with Crippen LogP contribution in [-0.2, 0) is 22.6 Å². The van der Waals surface area contributed by atoms with Gasteiger partial charge in [0.25, 0.3) is 0 Å². The molecule has 0 unspecified atom stereocenters. The number of rotatable bonds is 3. The highest BCUT2D eigenvalue weighted by Crippen LogP contribution is 2.43. The van der Waals surface area contributed by atoms with Crippen molar-refractivity contribution in [1.29, 1.82) is 0 Å². The lowest BCUT2D eigenvalue weighted by atomic mass is 9.77. The van der Waals surface area contributed by atoms with Gasteiger partial charge in [0.1, 0.15) is 0 Å². The molecule has 2 aromatic rings. The number of hydrogen-bond acceptors (Lipinski definition) is 2. The van der Waals surface area contributed by atoms with Crippen LogP contribution in [0.25, 0.3) is 0 Å². The van der Waals surface area contributed by atoms with Crippen molar-refractivity contribution in [2.45, 2.75) is 44.6 Å². The van der Waals surface area contributed by atoms with Crippen LogP contribution in [0.2, 0.25) is 0 Å². The van der Waals surface area contributed by atoms with Crippen LogP contribution in [0.5, 0.6) is 0 Å². The van der Waals surface area contributed by atoms with E-state index in [1.807, 2.05) is 29.2 Å². The summed E-state index contributed by atoms with van der Waals surface area (Å²) in [5, 5.41) is 0. The molecule has 0 bridgehead atoms. The Morgan fingerprint density at radius 3 is 2.52 bits per heavy atom. The fourth-order valence-electron chi connectivity index (χ4n) is 5.50. The Bertz CT molecular complexity index is 915. The summed E-state index contributed by atoms with van der Waals surface area (Å²) in [6.07, 6.45) is 4.44. The first-order valence-corrected chi connectivity index (χ1v) is 10.8. The van der Waals surface area contributed by atoms with Gasteiger partial charge >= 0.3 is 0 Å². The molecular weight excluding hydrogens is 360 g/mol. The Labute approximate surface area is 172 Å². The molecule has 3 aliphatic rings. The van der Waals surface area contributed by atoms with Crippen molar-refractivity contribution in [3.63, 3.8) is 0 Å². The second kappa shape index (κ2) is 7.33. The second-order valence-electron chi connectivity index (χ2n) is 9.03. The van der Waals surface area contributed by atoms with Gasteiger partial charge in [-0.2, -0.15) is 0 Å². The Morgan fingerprint density at radius 1 is 1.00 bits per heavy atom. The van der Waals surface area contributed by atoms with Gasteiger partial charge in [-0.3, -0.25) is 9.59 Å². The lowest BCUT2D eigenvalue weighted by Crippen LogP contribution is -2.45. The average Bonchev–Trinajstić information content (AvgIpc) is 3.30. The monoisotopic (exact) mass is 388 g/mol. The lowest BCUT2D eigenvalue weighted by molar-refractivity contribution is -0.135. The third-order valence-corrected chi connectivity index (χ3v) is 7.19. The first-order valence-electron chi connectivity index (χ1n) is 10.8. The molecule has 2 aromatic carbocycles. The third kappa shape index (κ3) is 3.45. The molecule has 150 valence electrons. The fraction of sp³-hybridized carbons (Fsp3) is 0.440. The van der Waals surface area contributed by atoms with Gasteiger partial charge in [0, 0.05) is 38.0 Å². The van der Waals surface area contributed by atoms with E-state index < -0.39 is 0 Å². The third-order valence-electron chi connectivity index (χ3n) is 7.19. The maximum absolute atomic E-state index is 13.2. The second-order valence-corrected chi connectivity index (χ2v) is 9.03. The Balaban J connectivity index is 1.22. The van der Waals surface area contributed by atoms with Gasteiger partial charge in [0.2, 0.25) is 11.8 Å². The minimum Gasteiger partial charge on any atom is -0.342 e. The summed E-state index contributed by atoms with van der Waals surface area (Å²) in [6, 6.07) is 18.6. The first kappa shape index (κ1) is 18.4. The molecule has 5 rings (SSSR count). The van der Waals surface area contributed by atoms with Crippen molar-refractivity contribution in [2.75, 3.05) is 19.6 Å². The number of fused-ring (bicyclic) bond motifs is 1. The summed E-state index contributed by atoms with van der Waals surface area (Å²) in [5.74, 6) is 0.577. The molecule has 2 saturated heterocycles. The molecule has 0 N–H and O–H groups in total. The number of aryl methyl sites for hydroxylation is 1. The van der Waals surface area contributed by atoms with E-state index >= 15 is 0 Å². The minimum atomic E-state index is 0.0278. The summed E-state index contributed by atoms with van der Waals surface area (Å²) < 4.78 is 0. The fourth-order valence-corrected chi connectivity index (χ4v) is 5.50. The summed E-state index contributed by atoms with van der Waals surface area (Å²) in [6.45, 7) is 3.09. The number of carbonyl (C=O) groups is 2. The van der Waals surface area contributed by atoms with Gasteiger partial charge in [0.15, 0.2) is 0 Å². The predicted molar refractivity (Wildman–Crippen MR) is 112 cm³/mol.